The van der Waals surface area contributed by atoms with Crippen LogP contribution in [0.1, 0.15) is 29.0 Å². The van der Waals surface area contributed by atoms with E-state index < -0.39 is 0 Å². The molecule has 0 saturated carbocycles. The molecular weight excluding hydrogens is 348 g/mol. The summed E-state index contributed by atoms with van der Waals surface area (Å²) in [5.41, 5.74) is 3.27. The number of nitrogens with one attached hydrogen (secondary N) is 1. The highest BCUT2D eigenvalue weighted by Crippen LogP contribution is 2.41. The summed E-state index contributed by atoms with van der Waals surface area (Å²) in [6.45, 7) is 4.16. The maximum Gasteiger partial charge on any atom is 0.338 e. The number of anilines is 1. The van der Waals surface area contributed by atoms with Crippen molar-refractivity contribution in [1.82, 2.24) is 14.8 Å². The molecule has 0 amide bonds. The van der Waals surface area contributed by atoms with E-state index in [1.54, 1.807) is 16.0 Å². The summed E-state index contributed by atoms with van der Waals surface area (Å²) < 4.78 is 7.15. The van der Waals surface area contributed by atoms with E-state index in [-0.39, 0.29) is 12.0 Å². The molecule has 0 bridgehead atoms. The van der Waals surface area contributed by atoms with Crippen molar-refractivity contribution in [1.29, 1.82) is 0 Å². The summed E-state index contributed by atoms with van der Waals surface area (Å²) in [6, 6.07) is 11.4. The fourth-order valence-corrected chi connectivity index (χ4v) is 4.15. The highest BCUT2D eigenvalue weighted by Gasteiger charge is 2.37. The number of benzene rings is 1. The standard InChI is InChI=1S/C19H18N4O2S/c1-3-25-18(24)14-15(13-7-5-4-6-8-13)22-19-20-11-21-23(19)16(14)17-12(2)9-10-26-17/h4-11,16H,3H2,1-2H3,(H,20,21,22). The zero-order valence-electron chi connectivity index (χ0n) is 14.5. The van der Waals surface area contributed by atoms with Crippen LogP contribution in [-0.4, -0.2) is 27.3 Å². The van der Waals surface area contributed by atoms with Gasteiger partial charge in [-0.2, -0.15) is 10.1 Å². The molecule has 1 aliphatic heterocycles. The Morgan fingerprint density at radius 1 is 1.31 bits per heavy atom. The van der Waals surface area contributed by atoms with Gasteiger partial charge in [-0.25, -0.2) is 9.48 Å². The van der Waals surface area contributed by atoms with Crippen molar-refractivity contribution in [2.75, 3.05) is 11.9 Å². The van der Waals surface area contributed by atoms with Gasteiger partial charge in [-0.3, -0.25) is 0 Å². The topological polar surface area (TPSA) is 69.0 Å². The molecule has 7 heteroatoms. The van der Waals surface area contributed by atoms with E-state index in [1.807, 2.05) is 55.6 Å². The Kier molecular flexibility index (Phi) is 4.30. The van der Waals surface area contributed by atoms with Gasteiger partial charge in [0.15, 0.2) is 0 Å². The Morgan fingerprint density at radius 2 is 2.12 bits per heavy atom. The highest BCUT2D eigenvalue weighted by molar-refractivity contribution is 7.10. The van der Waals surface area contributed by atoms with Gasteiger partial charge < -0.3 is 10.1 Å². The van der Waals surface area contributed by atoms with Gasteiger partial charge in [0.2, 0.25) is 5.95 Å². The second kappa shape index (κ2) is 6.76. The van der Waals surface area contributed by atoms with E-state index in [9.17, 15) is 4.79 Å². The predicted octanol–water partition coefficient (Wildman–Crippen LogP) is 3.64. The lowest BCUT2D eigenvalue weighted by atomic mass is 9.96. The van der Waals surface area contributed by atoms with Gasteiger partial charge in [0.1, 0.15) is 12.4 Å². The number of nitrogens with zero attached hydrogens (tertiary/aromatic N) is 3. The van der Waals surface area contributed by atoms with Gasteiger partial charge in [0, 0.05) is 4.88 Å². The van der Waals surface area contributed by atoms with Crippen molar-refractivity contribution in [3.8, 4) is 0 Å². The van der Waals surface area contributed by atoms with Gasteiger partial charge in [-0.05, 0) is 36.4 Å². The van der Waals surface area contributed by atoms with E-state index in [4.69, 9.17) is 4.74 Å². The average molecular weight is 366 g/mol. The molecule has 1 atom stereocenters. The van der Waals surface area contributed by atoms with Crippen LogP contribution < -0.4 is 5.32 Å². The quantitative estimate of drug-likeness (QED) is 0.714. The lowest BCUT2D eigenvalue weighted by Gasteiger charge is -2.29. The first kappa shape index (κ1) is 16.5. The van der Waals surface area contributed by atoms with Crippen molar-refractivity contribution in [3.63, 3.8) is 0 Å². The molecule has 0 fully saturated rings. The van der Waals surface area contributed by atoms with Crippen LogP contribution >= 0.6 is 11.3 Å². The monoisotopic (exact) mass is 366 g/mol. The van der Waals surface area contributed by atoms with E-state index in [0.717, 1.165) is 16.0 Å². The molecule has 6 nitrogen and oxygen atoms in total. The zero-order valence-corrected chi connectivity index (χ0v) is 15.3. The number of rotatable bonds is 4. The van der Waals surface area contributed by atoms with Crippen molar-refractivity contribution in [2.45, 2.75) is 19.9 Å². The number of fused-ring (bicyclic) bond motifs is 1. The van der Waals surface area contributed by atoms with Crippen LogP contribution in [0.25, 0.3) is 5.70 Å². The molecule has 2 aromatic heterocycles. The molecular formula is C19H18N4O2S. The first-order valence-corrected chi connectivity index (χ1v) is 9.26. The fraction of sp³-hybridized carbons (Fsp3) is 0.211. The lowest BCUT2D eigenvalue weighted by molar-refractivity contribution is -0.138. The molecule has 1 aliphatic rings. The molecule has 1 aromatic carbocycles. The Balaban J connectivity index is 1.98. The molecule has 0 saturated heterocycles. The highest BCUT2D eigenvalue weighted by atomic mass is 32.1. The first-order chi connectivity index (χ1) is 12.7. The maximum atomic E-state index is 13.0. The maximum absolute atomic E-state index is 13.0. The zero-order chi connectivity index (χ0) is 18.1. The number of ether oxygens (including phenoxy) is 1. The molecule has 0 radical (unpaired) electrons. The minimum absolute atomic E-state index is 0.310. The van der Waals surface area contributed by atoms with Gasteiger partial charge in [-0.15, -0.1) is 11.3 Å². The second-order valence-electron chi connectivity index (χ2n) is 5.90. The molecule has 3 aromatic rings. The number of thiophene rings is 1. The molecule has 0 aliphatic carbocycles. The Hall–Kier alpha value is -2.93. The van der Waals surface area contributed by atoms with Crippen molar-refractivity contribution in [2.24, 2.45) is 0 Å². The van der Waals surface area contributed by atoms with Crippen LogP contribution in [0.4, 0.5) is 5.95 Å². The molecule has 1 unspecified atom stereocenters. The van der Waals surface area contributed by atoms with Crippen LogP contribution in [0, 0.1) is 6.92 Å². The van der Waals surface area contributed by atoms with E-state index in [0.29, 0.717) is 23.8 Å². The number of hydrogen-bond donors (Lipinski definition) is 1. The summed E-state index contributed by atoms with van der Waals surface area (Å²) in [6.07, 6.45) is 1.50. The number of aromatic nitrogens is 3. The summed E-state index contributed by atoms with van der Waals surface area (Å²) in [5.74, 6) is 0.257. The lowest BCUT2D eigenvalue weighted by Crippen LogP contribution is -2.29. The van der Waals surface area contributed by atoms with Gasteiger partial charge in [0.25, 0.3) is 0 Å². The number of aryl methyl sites for hydroxylation is 1. The number of esters is 1. The Bertz CT molecular complexity index is 974. The van der Waals surface area contributed by atoms with Crippen LogP contribution in [0.3, 0.4) is 0 Å². The average Bonchev–Trinajstić information content (AvgIpc) is 3.29. The fourth-order valence-electron chi connectivity index (χ4n) is 3.13. The molecule has 3 heterocycles. The molecule has 1 N–H and O–H groups in total. The molecule has 4 rings (SSSR count). The van der Waals surface area contributed by atoms with Crippen molar-refractivity contribution in [3.05, 3.63) is 69.7 Å². The minimum atomic E-state index is -0.372. The predicted molar refractivity (Wildman–Crippen MR) is 101 cm³/mol. The second-order valence-corrected chi connectivity index (χ2v) is 6.85. The third kappa shape index (κ3) is 2.70. The van der Waals surface area contributed by atoms with Crippen LogP contribution in [-0.2, 0) is 9.53 Å². The van der Waals surface area contributed by atoms with Gasteiger partial charge in [0.05, 0.1) is 17.9 Å². The third-order valence-electron chi connectivity index (χ3n) is 4.31. The molecule has 132 valence electrons. The van der Waals surface area contributed by atoms with Gasteiger partial charge >= 0.3 is 5.97 Å². The number of hydrogen-bond acceptors (Lipinski definition) is 6. The largest absolute Gasteiger partial charge is 0.463 e. The molecule has 26 heavy (non-hydrogen) atoms. The minimum Gasteiger partial charge on any atom is -0.463 e. The van der Waals surface area contributed by atoms with Crippen LogP contribution in [0.15, 0.2) is 53.7 Å². The SMILES string of the molecule is CCOC(=O)C1=C(c2ccccc2)Nc2ncnn2C1c1sccc1C. The Labute approximate surface area is 155 Å². The summed E-state index contributed by atoms with van der Waals surface area (Å²) in [5, 5.41) is 9.65. The van der Waals surface area contributed by atoms with Crippen LogP contribution in [0.2, 0.25) is 0 Å². The van der Waals surface area contributed by atoms with E-state index in [2.05, 4.69) is 15.4 Å². The smallest absolute Gasteiger partial charge is 0.338 e. The summed E-state index contributed by atoms with van der Waals surface area (Å²) in [7, 11) is 0. The van der Waals surface area contributed by atoms with E-state index in [1.165, 1.54) is 6.33 Å². The summed E-state index contributed by atoms with van der Waals surface area (Å²) in [4.78, 5) is 18.3. The van der Waals surface area contributed by atoms with Crippen LogP contribution in [0.5, 0.6) is 0 Å². The number of carbonyl (C=O) groups is 1. The van der Waals surface area contributed by atoms with E-state index >= 15 is 0 Å². The van der Waals surface area contributed by atoms with Gasteiger partial charge in [-0.1, -0.05) is 30.3 Å². The summed E-state index contributed by atoms with van der Waals surface area (Å²) >= 11 is 1.60. The first-order valence-electron chi connectivity index (χ1n) is 8.38. The Morgan fingerprint density at radius 3 is 2.81 bits per heavy atom. The van der Waals surface area contributed by atoms with Crippen molar-refractivity contribution >= 4 is 29.0 Å². The molecule has 0 spiro atoms. The normalized spacial score (nSPS) is 16.2. The third-order valence-corrected chi connectivity index (χ3v) is 5.38. The number of carbonyl (C=O) groups excluding carboxylic acids is 1. The van der Waals surface area contributed by atoms with Crippen molar-refractivity contribution < 1.29 is 9.53 Å².